The summed E-state index contributed by atoms with van der Waals surface area (Å²) in [6, 6.07) is 8.05. The number of fused-ring (bicyclic) bond motifs is 1. The molecule has 0 amide bonds. The monoisotopic (exact) mass is 406 g/mol. The predicted molar refractivity (Wildman–Crippen MR) is 117 cm³/mol. The molecule has 2 aliphatic rings. The van der Waals surface area contributed by atoms with Crippen molar-refractivity contribution in [1.29, 1.82) is 5.26 Å². The lowest BCUT2D eigenvalue weighted by Crippen LogP contribution is -2.45. The van der Waals surface area contributed by atoms with E-state index in [1.54, 1.807) is 16.8 Å². The van der Waals surface area contributed by atoms with Crippen LogP contribution in [0.1, 0.15) is 54.6 Å². The van der Waals surface area contributed by atoms with Crippen LogP contribution < -0.4 is 10.9 Å². The van der Waals surface area contributed by atoms with Gasteiger partial charge in [-0.3, -0.25) is 9.69 Å². The molecule has 2 aromatic rings. The minimum atomic E-state index is -0.0517. The van der Waals surface area contributed by atoms with Crippen molar-refractivity contribution >= 4 is 5.82 Å². The number of nitriles is 1. The second-order valence-corrected chi connectivity index (χ2v) is 8.41. The SMILES string of the molecule is Cc1ccc(=O)n(CCN2CCCCC2CNc2nc3c(cc2C#N)CCCC3)n1. The molecule has 0 aromatic carbocycles. The smallest absolute Gasteiger partial charge is 0.266 e. The van der Waals surface area contributed by atoms with Crippen LogP contribution in [0.2, 0.25) is 0 Å². The minimum absolute atomic E-state index is 0.0517. The number of nitrogens with one attached hydrogen (secondary N) is 1. The van der Waals surface area contributed by atoms with Crippen LogP contribution in [0.4, 0.5) is 5.82 Å². The topological polar surface area (TPSA) is 86.8 Å². The molecule has 158 valence electrons. The van der Waals surface area contributed by atoms with Crippen molar-refractivity contribution in [3.63, 3.8) is 0 Å². The Bertz CT molecular complexity index is 992. The molecular weight excluding hydrogens is 376 g/mol. The Morgan fingerprint density at radius 1 is 1.20 bits per heavy atom. The van der Waals surface area contributed by atoms with Gasteiger partial charge in [-0.05, 0) is 69.7 Å². The lowest BCUT2D eigenvalue weighted by molar-refractivity contribution is 0.148. The third-order valence-corrected chi connectivity index (χ3v) is 6.27. The molecule has 0 bridgehead atoms. The van der Waals surface area contributed by atoms with Crippen LogP contribution in [0.3, 0.4) is 0 Å². The fourth-order valence-corrected chi connectivity index (χ4v) is 4.59. The van der Waals surface area contributed by atoms with Crippen molar-refractivity contribution in [3.8, 4) is 6.07 Å². The van der Waals surface area contributed by atoms with E-state index in [9.17, 15) is 10.1 Å². The zero-order valence-corrected chi connectivity index (χ0v) is 17.7. The number of nitrogens with zero attached hydrogens (tertiary/aromatic N) is 5. The Kier molecular flexibility index (Phi) is 6.44. The van der Waals surface area contributed by atoms with Crippen LogP contribution in [0.25, 0.3) is 0 Å². The number of aryl methyl sites for hydroxylation is 3. The molecule has 7 heteroatoms. The van der Waals surface area contributed by atoms with Gasteiger partial charge in [-0.25, -0.2) is 9.67 Å². The van der Waals surface area contributed by atoms with Crippen molar-refractivity contribution < 1.29 is 0 Å². The summed E-state index contributed by atoms with van der Waals surface area (Å²) in [7, 11) is 0. The van der Waals surface area contributed by atoms with Crippen LogP contribution in [0.15, 0.2) is 23.0 Å². The molecule has 7 nitrogen and oxygen atoms in total. The molecule has 4 rings (SSSR count). The third kappa shape index (κ3) is 4.71. The Morgan fingerprint density at radius 3 is 2.93 bits per heavy atom. The first-order valence-electron chi connectivity index (χ1n) is 11.1. The number of pyridine rings is 1. The van der Waals surface area contributed by atoms with Crippen molar-refractivity contribution in [3.05, 3.63) is 51.1 Å². The van der Waals surface area contributed by atoms with Gasteiger partial charge in [-0.15, -0.1) is 0 Å². The van der Waals surface area contributed by atoms with Gasteiger partial charge < -0.3 is 5.32 Å². The molecule has 0 spiro atoms. The number of hydrogen-bond acceptors (Lipinski definition) is 6. The molecule has 1 saturated heterocycles. The van der Waals surface area contributed by atoms with E-state index in [0.717, 1.165) is 56.1 Å². The highest BCUT2D eigenvalue weighted by Gasteiger charge is 2.23. The summed E-state index contributed by atoms with van der Waals surface area (Å²) in [5, 5.41) is 17.4. The summed E-state index contributed by atoms with van der Waals surface area (Å²) >= 11 is 0. The normalized spacial score (nSPS) is 19.1. The van der Waals surface area contributed by atoms with E-state index < -0.39 is 0 Å². The minimum Gasteiger partial charge on any atom is -0.367 e. The summed E-state index contributed by atoms with van der Waals surface area (Å²) in [6.45, 7) is 5.08. The van der Waals surface area contributed by atoms with Crippen molar-refractivity contribution in [1.82, 2.24) is 19.7 Å². The van der Waals surface area contributed by atoms with E-state index >= 15 is 0 Å². The summed E-state index contributed by atoms with van der Waals surface area (Å²) in [4.78, 5) is 19.3. The molecule has 0 radical (unpaired) electrons. The maximum absolute atomic E-state index is 12.1. The van der Waals surface area contributed by atoms with E-state index in [4.69, 9.17) is 4.98 Å². The highest BCUT2D eigenvalue weighted by atomic mass is 16.1. The van der Waals surface area contributed by atoms with E-state index in [1.807, 2.05) is 13.0 Å². The number of likely N-dealkylation sites (tertiary alicyclic amines) is 1. The summed E-state index contributed by atoms with van der Waals surface area (Å²) in [5.41, 5.74) is 3.83. The van der Waals surface area contributed by atoms with Crippen molar-refractivity contribution in [2.24, 2.45) is 0 Å². The molecule has 1 aliphatic carbocycles. The first-order chi connectivity index (χ1) is 14.6. The lowest BCUT2D eigenvalue weighted by atomic mass is 9.95. The molecule has 1 aliphatic heterocycles. The second-order valence-electron chi connectivity index (χ2n) is 8.41. The molecule has 30 heavy (non-hydrogen) atoms. The van der Waals surface area contributed by atoms with Crippen LogP contribution in [0.5, 0.6) is 0 Å². The average molecular weight is 407 g/mol. The fourth-order valence-electron chi connectivity index (χ4n) is 4.59. The number of hydrogen-bond donors (Lipinski definition) is 1. The zero-order valence-electron chi connectivity index (χ0n) is 17.7. The summed E-state index contributed by atoms with van der Waals surface area (Å²) < 4.78 is 1.56. The fraction of sp³-hybridized carbons (Fsp3) is 0.565. The molecule has 2 aromatic heterocycles. The summed E-state index contributed by atoms with van der Waals surface area (Å²) in [5.74, 6) is 0.722. The largest absolute Gasteiger partial charge is 0.367 e. The zero-order chi connectivity index (χ0) is 20.9. The molecular formula is C23H30N6O. The summed E-state index contributed by atoms with van der Waals surface area (Å²) in [6.07, 6.45) is 7.87. The highest BCUT2D eigenvalue weighted by Crippen LogP contribution is 2.25. The Morgan fingerprint density at radius 2 is 2.07 bits per heavy atom. The Labute approximate surface area is 177 Å². The van der Waals surface area contributed by atoms with Gasteiger partial charge in [0.05, 0.1) is 17.8 Å². The van der Waals surface area contributed by atoms with Gasteiger partial charge in [0.25, 0.3) is 5.56 Å². The Balaban J connectivity index is 1.42. The van der Waals surface area contributed by atoms with Gasteiger partial charge in [-0.2, -0.15) is 10.4 Å². The van der Waals surface area contributed by atoms with Crippen LogP contribution in [-0.4, -0.2) is 45.3 Å². The molecule has 1 atom stereocenters. The first-order valence-corrected chi connectivity index (χ1v) is 11.1. The lowest BCUT2D eigenvalue weighted by Gasteiger charge is -2.36. The number of anilines is 1. The predicted octanol–water partition coefficient (Wildman–Crippen LogP) is 2.66. The molecule has 1 N–H and O–H groups in total. The maximum Gasteiger partial charge on any atom is 0.266 e. The van der Waals surface area contributed by atoms with E-state index in [-0.39, 0.29) is 5.56 Å². The van der Waals surface area contributed by atoms with Gasteiger partial charge in [0, 0.05) is 30.9 Å². The molecule has 3 heterocycles. The standard InChI is InChI=1S/C23H30N6O/c1-17-9-10-22(30)29(27-17)13-12-28-11-5-4-7-20(28)16-25-23-19(15-24)14-18-6-2-3-8-21(18)26-23/h9-10,14,20H,2-8,11-13,16H2,1H3,(H,25,26). The quantitative estimate of drug-likeness (QED) is 0.794. The van der Waals surface area contributed by atoms with Gasteiger partial charge in [0.1, 0.15) is 11.9 Å². The molecule has 0 saturated carbocycles. The Hall–Kier alpha value is -2.72. The van der Waals surface area contributed by atoms with Crippen molar-refractivity contribution in [2.75, 3.05) is 25.0 Å². The number of aromatic nitrogens is 3. The average Bonchev–Trinajstić information content (AvgIpc) is 2.78. The van der Waals surface area contributed by atoms with E-state index in [2.05, 4.69) is 21.4 Å². The van der Waals surface area contributed by atoms with E-state index in [1.165, 1.54) is 31.2 Å². The maximum atomic E-state index is 12.1. The third-order valence-electron chi connectivity index (χ3n) is 6.27. The van der Waals surface area contributed by atoms with Gasteiger partial charge in [0.2, 0.25) is 0 Å². The number of piperidine rings is 1. The first kappa shape index (κ1) is 20.5. The second kappa shape index (κ2) is 9.40. The van der Waals surface area contributed by atoms with Crippen molar-refractivity contribution in [2.45, 2.75) is 64.5 Å². The van der Waals surface area contributed by atoms with Gasteiger partial charge in [-0.1, -0.05) is 6.42 Å². The molecule has 1 fully saturated rings. The highest BCUT2D eigenvalue weighted by molar-refractivity contribution is 5.54. The van der Waals surface area contributed by atoms with Gasteiger partial charge in [0.15, 0.2) is 0 Å². The van der Waals surface area contributed by atoms with Gasteiger partial charge >= 0.3 is 0 Å². The van der Waals surface area contributed by atoms with E-state index in [0.29, 0.717) is 18.2 Å². The van der Waals surface area contributed by atoms with Crippen LogP contribution in [0, 0.1) is 18.3 Å². The van der Waals surface area contributed by atoms with Crippen LogP contribution in [-0.2, 0) is 19.4 Å². The van der Waals surface area contributed by atoms with Crippen LogP contribution >= 0.6 is 0 Å². The molecule has 1 unspecified atom stereocenters. The number of rotatable bonds is 6.